The van der Waals surface area contributed by atoms with E-state index in [1.165, 1.54) is 29.7 Å². The standard InChI is InChI=1S/C15H26N2/c1-12-8-9-14(15(10-12)17(3)4)7-5-6-13(2)11-16/h8-10,13H,5-7,11,16H2,1-4H3. The van der Waals surface area contributed by atoms with Crippen molar-refractivity contribution in [1.82, 2.24) is 0 Å². The fourth-order valence-corrected chi connectivity index (χ4v) is 2.06. The number of nitrogens with zero attached hydrogens (tertiary/aromatic N) is 1. The molecule has 1 aromatic carbocycles. The number of nitrogens with two attached hydrogens (primary N) is 1. The van der Waals surface area contributed by atoms with E-state index >= 15 is 0 Å². The number of benzene rings is 1. The van der Waals surface area contributed by atoms with Crippen molar-refractivity contribution in [2.75, 3.05) is 25.5 Å². The molecular weight excluding hydrogens is 208 g/mol. The van der Waals surface area contributed by atoms with Crippen LogP contribution < -0.4 is 10.6 Å². The Balaban J connectivity index is 2.64. The molecule has 0 saturated carbocycles. The first-order valence-electron chi connectivity index (χ1n) is 6.51. The zero-order chi connectivity index (χ0) is 12.8. The molecule has 1 unspecified atom stereocenters. The summed E-state index contributed by atoms with van der Waals surface area (Å²) in [4.78, 5) is 2.20. The Kier molecular flexibility index (Phi) is 5.49. The third-order valence-electron chi connectivity index (χ3n) is 3.27. The fraction of sp³-hybridized carbons (Fsp3) is 0.600. The van der Waals surface area contributed by atoms with Crippen LogP contribution in [0.1, 0.15) is 30.9 Å². The highest BCUT2D eigenvalue weighted by molar-refractivity contribution is 5.54. The third-order valence-corrected chi connectivity index (χ3v) is 3.27. The van der Waals surface area contributed by atoms with Crippen molar-refractivity contribution < 1.29 is 0 Å². The van der Waals surface area contributed by atoms with Gasteiger partial charge in [0.05, 0.1) is 0 Å². The summed E-state index contributed by atoms with van der Waals surface area (Å²) in [6.07, 6.45) is 3.59. The minimum Gasteiger partial charge on any atom is -0.377 e. The molecule has 2 nitrogen and oxygen atoms in total. The summed E-state index contributed by atoms with van der Waals surface area (Å²) in [5, 5.41) is 0. The second-order valence-electron chi connectivity index (χ2n) is 5.26. The second-order valence-corrected chi connectivity index (χ2v) is 5.26. The molecule has 0 aliphatic rings. The van der Waals surface area contributed by atoms with Crippen LogP contribution in [0.5, 0.6) is 0 Å². The van der Waals surface area contributed by atoms with Crippen LogP contribution in [0.15, 0.2) is 18.2 Å². The number of hydrogen-bond donors (Lipinski definition) is 1. The molecule has 0 spiro atoms. The number of rotatable bonds is 6. The molecule has 0 aromatic heterocycles. The van der Waals surface area contributed by atoms with Crippen LogP contribution in [0, 0.1) is 12.8 Å². The molecule has 0 radical (unpaired) electrons. The van der Waals surface area contributed by atoms with Crippen molar-refractivity contribution in [2.24, 2.45) is 11.7 Å². The molecular formula is C15H26N2. The van der Waals surface area contributed by atoms with Crippen molar-refractivity contribution in [2.45, 2.75) is 33.1 Å². The van der Waals surface area contributed by atoms with E-state index in [1.54, 1.807) is 0 Å². The van der Waals surface area contributed by atoms with Gasteiger partial charge in [-0.05, 0) is 55.8 Å². The Morgan fingerprint density at radius 3 is 2.59 bits per heavy atom. The Labute approximate surface area is 106 Å². The monoisotopic (exact) mass is 234 g/mol. The SMILES string of the molecule is Cc1ccc(CCCC(C)CN)c(N(C)C)c1. The van der Waals surface area contributed by atoms with Gasteiger partial charge in [0.15, 0.2) is 0 Å². The van der Waals surface area contributed by atoms with Gasteiger partial charge in [-0.15, -0.1) is 0 Å². The molecule has 0 bridgehead atoms. The van der Waals surface area contributed by atoms with Crippen LogP contribution in [0.2, 0.25) is 0 Å². The van der Waals surface area contributed by atoms with E-state index < -0.39 is 0 Å². The topological polar surface area (TPSA) is 29.3 Å². The number of aryl methyl sites for hydroxylation is 2. The Morgan fingerprint density at radius 2 is 2.00 bits per heavy atom. The van der Waals surface area contributed by atoms with Crippen LogP contribution >= 0.6 is 0 Å². The summed E-state index contributed by atoms with van der Waals surface area (Å²) >= 11 is 0. The molecule has 0 fully saturated rings. The normalized spacial score (nSPS) is 12.5. The van der Waals surface area contributed by atoms with Crippen molar-refractivity contribution in [3.63, 3.8) is 0 Å². The molecule has 0 amide bonds. The summed E-state index contributed by atoms with van der Waals surface area (Å²) < 4.78 is 0. The van der Waals surface area contributed by atoms with Gasteiger partial charge in [0.1, 0.15) is 0 Å². The summed E-state index contributed by atoms with van der Waals surface area (Å²) in [7, 11) is 4.22. The van der Waals surface area contributed by atoms with E-state index in [0.29, 0.717) is 5.92 Å². The first kappa shape index (κ1) is 14.0. The van der Waals surface area contributed by atoms with Crippen LogP contribution in [0.3, 0.4) is 0 Å². The summed E-state index contributed by atoms with van der Waals surface area (Å²) in [5.74, 6) is 0.642. The lowest BCUT2D eigenvalue weighted by Crippen LogP contribution is -2.13. The predicted molar refractivity (Wildman–Crippen MR) is 76.7 cm³/mol. The van der Waals surface area contributed by atoms with E-state index in [9.17, 15) is 0 Å². The molecule has 1 atom stereocenters. The van der Waals surface area contributed by atoms with Gasteiger partial charge in [-0.3, -0.25) is 0 Å². The Morgan fingerprint density at radius 1 is 1.29 bits per heavy atom. The maximum Gasteiger partial charge on any atom is 0.0396 e. The van der Waals surface area contributed by atoms with Crippen molar-refractivity contribution in [3.8, 4) is 0 Å². The van der Waals surface area contributed by atoms with Crippen LogP contribution in [-0.4, -0.2) is 20.6 Å². The molecule has 0 aliphatic carbocycles. The van der Waals surface area contributed by atoms with Gasteiger partial charge in [-0.1, -0.05) is 19.1 Å². The lowest BCUT2D eigenvalue weighted by molar-refractivity contribution is 0.520. The fourth-order valence-electron chi connectivity index (χ4n) is 2.06. The maximum absolute atomic E-state index is 5.64. The quantitative estimate of drug-likeness (QED) is 0.820. The number of hydrogen-bond acceptors (Lipinski definition) is 2. The van der Waals surface area contributed by atoms with Gasteiger partial charge < -0.3 is 10.6 Å². The molecule has 17 heavy (non-hydrogen) atoms. The van der Waals surface area contributed by atoms with Gasteiger partial charge in [0, 0.05) is 19.8 Å². The van der Waals surface area contributed by atoms with E-state index in [1.807, 2.05) is 0 Å². The van der Waals surface area contributed by atoms with E-state index in [4.69, 9.17) is 5.73 Å². The smallest absolute Gasteiger partial charge is 0.0396 e. The highest BCUT2D eigenvalue weighted by atomic mass is 15.1. The summed E-state index contributed by atoms with van der Waals surface area (Å²) in [6.45, 7) is 5.17. The highest BCUT2D eigenvalue weighted by Gasteiger charge is 2.06. The molecule has 1 aromatic rings. The summed E-state index contributed by atoms with van der Waals surface area (Å²) in [6, 6.07) is 6.73. The average Bonchev–Trinajstić information content (AvgIpc) is 2.30. The molecule has 1 rings (SSSR count). The second kappa shape index (κ2) is 6.65. The molecule has 0 aliphatic heterocycles. The lowest BCUT2D eigenvalue weighted by atomic mass is 9.99. The van der Waals surface area contributed by atoms with E-state index in [2.05, 4.69) is 51.0 Å². The number of anilines is 1. The van der Waals surface area contributed by atoms with Gasteiger partial charge in [-0.2, -0.15) is 0 Å². The minimum atomic E-state index is 0.642. The van der Waals surface area contributed by atoms with Crippen molar-refractivity contribution in [3.05, 3.63) is 29.3 Å². The minimum absolute atomic E-state index is 0.642. The Bertz CT molecular complexity index is 345. The predicted octanol–water partition coefficient (Wildman–Crippen LogP) is 2.98. The largest absolute Gasteiger partial charge is 0.377 e. The zero-order valence-electron chi connectivity index (χ0n) is 11.7. The first-order chi connectivity index (χ1) is 8.04. The van der Waals surface area contributed by atoms with Gasteiger partial charge in [0.25, 0.3) is 0 Å². The van der Waals surface area contributed by atoms with Gasteiger partial charge in [-0.25, -0.2) is 0 Å². The summed E-state index contributed by atoms with van der Waals surface area (Å²) in [5.41, 5.74) is 9.77. The van der Waals surface area contributed by atoms with Crippen LogP contribution in [0.4, 0.5) is 5.69 Å². The van der Waals surface area contributed by atoms with Crippen LogP contribution in [0.25, 0.3) is 0 Å². The third kappa shape index (κ3) is 4.39. The van der Waals surface area contributed by atoms with E-state index in [-0.39, 0.29) is 0 Å². The van der Waals surface area contributed by atoms with Crippen molar-refractivity contribution >= 4 is 5.69 Å². The average molecular weight is 234 g/mol. The molecule has 2 N–H and O–H groups in total. The lowest BCUT2D eigenvalue weighted by Gasteiger charge is -2.18. The van der Waals surface area contributed by atoms with Crippen molar-refractivity contribution in [1.29, 1.82) is 0 Å². The molecule has 96 valence electrons. The van der Waals surface area contributed by atoms with Gasteiger partial charge >= 0.3 is 0 Å². The van der Waals surface area contributed by atoms with Crippen LogP contribution in [-0.2, 0) is 6.42 Å². The van der Waals surface area contributed by atoms with E-state index in [0.717, 1.165) is 13.0 Å². The maximum atomic E-state index is 5.64. The van der Waals surface area contributed by atoms with Gasteiger partial charge in [0.2, 0.25) is 0 Å². The molecule has 0 saturated heterocycles. The first-order valence-corrected chi connectivity index (χ1v) is 6.51. The Hall–Kier alpha value is -1.02. The zero-order valence-corrected chi connectivity index (χ0v) is 11.7. The molecule has 2 heteroatoms. The molecule has 0 heterocycles. The highest BCUT2D eigenvalue weighted by Crippen LogP contribution is 2.22.